The summed E-state index contributed by atoms with van der Waals surface area (Å²) in [6.45, 7) is 5.48. The Bertz CT molecular complexity index is 1460. The van der Waals surface area contributed by atoms with E-state index in [2.05, 4.69) is 11.5 Å². The standard InChI is InChI=1S/C30H32N4O3/c1-3-4-11-27-32-25-18-26(33-17-8-7-12-28(33)35)20(2)31-29(25)34(27)19-21-13-15-22(16-14-21)23-9-5-6-10-24(23)30(36)37/h5-6,9-10,13-16,18H,3-4,7-8,11-12,17,19H2,1-2H3,(H,36,37). The Balaban J connectivity index is 1.50. The number of aromatic carboxylic acids is 1. The molecular weight excluding hydrogens is 464 g/mol. The first-order valence-corrected chi connectivity index (χ1v) is 13.0. The van der Waals surface area contributed by atoms with E-state index in [1.807, 2.05) is 54.3 Å². The molecule has 1 fully saturated rings. The highest BCUT2D eigenvalue weighted by Gasteiger charge is 2.24. The van der Waals surface area contributed by atoms with Crippen molar-refractivity contribution in [2.75, 3.05) is 11.4 Å². The van der Waals surface area contributed by atoms with Crippen molar-refractivity contribution in [2.45, 2.75) is 58.9 Å². The fourth-order valence-corrected chi connectivity index (χ4v) is 5.09. The van der Waals surface area contributed by atoms with Crippen LogP contribution in [0.25, 0.3) is 22.3 Å². The number of fused-ring (bicyclic) bond motifs is 1. The van der Waals surface area contributed by atoms with Crippen LogP contribution in [0.4, 0.5) is 5.69 Å². The SMILES string of the molecule is CCCCc1nc2cc(N3CCCCC3=O)c(C)nc2n1Cc1ccc(-c2ccccc2C(=O)O)cc1. The van der Waals surface area contributed by atoms with Crippen LogP contribution in [0.5, 0.6) is 0 Å². The molecule has 37 heavy (non-hydrogen) atoms. The predicted octanol–water partition coefficient (Wildman–Crippen LogP) is 6.01. The summed E-state index contributed by atoms with van der Waals surface area (Å²) in [6, 6.07) is 17.1. The summed E-state index contributed by atoms with van der Waals surface area (Å²) >= 11 is 0. The van der Waals surface area contributed by atoms with Gasteiger partial charge in [0.05, 0.1) is 23.5 Å². The van der Waals surface area contributed by atoms with Crippen molar-refractivity contribution in [1.82, 2.24) is 14.5 Å². The highest BCUT2D eigenvalue weighted by atomic mass is 16.4. The zero-order valence-electron chi connectivity index (χ0n) is 21.4. The first-order valence-electron chi connectivity index (χ1n) is 13.0. The summed E-state index contributed by atoms with van der Waals surface area (Å²) in [5, 5.41) is 9.56. The number of hydrogen-bond acceptors (Lipinski definition) is 4. The number of nitrogens with zero attached hydrogens (tertiary/aromatic N) is 4. The number of benzene rings is 2. The summed E-state index contributed by atoms with van der Waals surface area (Å²) in [4.78, 5) is 36.0. The van der Waals surface area contributed by atoms with Crippen molar-refractivity contribution < 1.29 is 14.7 Å². The molecule has 0 radical (unpaired) electrons. The molecule has 2 aromatic carbocycles. The van der Waals surface area contributed by atoms with Crippen molar-refractivity contribution in [2.24, 2.45) is 0 Å². The number of carboxylic acids is 1. The number of carbonyl (C=O) groups is 2. The number of pyridine rings is 1. The van der Waals surface area contributed by atoms with E-state index in [0.717, 1.165) is 78.1 Å². The molecule has 0 atom stereocenters. The Labute approximate surface area is 216 Å². The van der Waals surface area contributed by atoms with Gasteiger partial charge in [-0.3, -0.25) is 4.79 Å². The van der Waals surface area contributed by atoms with Crippen LogP contribution in [-0.4, -0.2) is 38.1 Å². The van der Waals surface area contributed by atoms with Crippen molar-refractivity contribution in [3.8, 4) is 11.1 Å². The topological polar surface area (TPSA) is 88.3 Å². The number of anilines is 1. The number of imidazole rings is 1. The second-order valence-electron chi connectivity index (χ2n) is 9.70. The minimum atomic E-state index is -0.933. The maximum absolute atomic E-state index is 12.6. The molecule has 0 saturated carbocycles. The maximum atomic E-state index is 12.6. The third kappa shape index (κ3) is 4.99. The Morgan fingerprint density at radius 1 is 1.05 bits per heavy atom. The van der Waals surface area contributed by atoms with Crippen LogP contribution in [0.1, 0.15) is 66.5 Å². The average molecular weight is 497 g/mol. The molecule has 0 spiro atoms. The van der Waals surface area contributed by atoms with Crippen LogP contribution in [0.2, 0.25) is 0 Å². The monoisotopic (exact) mass is 496 g/mol. The fourth-order valence-electron chi connectivity index (χ4n) is 5.09. The molecule has 1 saturated heterocycles. The molecule has 0 aliphatic carbocycles. The molecule has 1 aliphatic rings. The van der Waals surface area contributed by atoms with Crippen molar-refractivity contribution >= 4 is 28.7 Å². The molecule has 1 N–H and O–H groups in total. The maximum Gasteiger partial charge on any atom is 0.336 e. The van der Waals surface area contributed by atoms with Crippen LogP contribution in [0.3, 0.4) is 0 Å². The molecule has 4 aromatic rings. The van der Waals surface area contributed by atoms with Crippen LogP contribution < -0.4 is 4.90 Å². The first kappa shape index (κ1) is 24.7. The summed E-state index contributed by atoms with van der Waals surface area (Å²) in [6.07, 6.45) is 5.49. The minimum absolute atomic E-state index is 0.158. The van der Waals surface area contributed by atoms with Crippen molar-refractivity contribution in [3.05, 3.63) is 77.2 Å². The quantitative estimate of drug-likeness (QED) is 0.323. The summed E-state index contributed by atoms with van der Waals surface area (Å²) in [5.74, 6) is 0.217. The molecule has 0 unspecified atom stereocenters. The van der Waals surface area contributed by atoms with E-state index < -0.39 is 5.97 Å². The van der Waals surface area contributed by atoms with E-state index in [1.165, 1.54) is 0 Å². The zero-order chi connectivity index (χ0) is 25.9. The largest absolute Gasteiger partial charge is 0.478 e. The number of aryl methyl sites for hydroxylation is 2. The Kier molecular flexibility index (Phi) is 7.04. The second-order valence-corrected chi connectivity index (χ2v) is 9.70. The number of unbranched alkanes of at least 4 members (excludes halogenated alkanes) is 1. The third-order valence-electron chi connectivity index (χ3n) is 7.09. The smallest absolute Gasteiger partial charge is 0.336 e. The van der Waals surface area contributed by atoms with Gasteiger partial charge in [0.15, 0.2) is 5.65 Å². The van der Waals surface area contributed by atoms with Crippen LogP contribution in [0.15, 0.2) is 54.6 Å². The van der Waals surface area contributed by atoms with Gasteiger partial charge in [-0.1, -0.05) is 55.8 Å². The first-order chi connectivity index (χ1) is 18.0. The number of carboxylic acid groups (broad SMARTS) is 1. The zero-order valence-corrected chi connectivity index (χ0v) is 21.4. The number of amides is 1. The number of aromatic nitrogens is 3. The van der Waals surface area contributed by atoms with Gasteiger partial charge in [0, 0.05) is 19.4 Å². The van der Waals surface area contributed by atoms with Gasteiger partial charge in [-0.15, -0.1) is 0 Å². The van der Waals surface area contributed by atoms with Crippen molar-refractivity contribution in [1.29, 1.82) is 0 Å². The molecule has 7 nitrogen and oxygen atoms in total. The van der Waals surface area contributed by atoms with Gasteiger partial charge in [-0.25, -0.2) is 14.8 Å². The van der Waals surface area contributed by atoms with Gasteiger partial charge >= 0.3 is 5.97 Å². The van der Waals surface area contributed by atoms with Crippen LogP contribution in [0, 0.1) is 6.92 Å². The summed E-state index contributed by atoms with van der Waals surface area (Å²) in [7, 11) is 0. The van der Waals surface area contributed by atoms with E-state index in [4.69, 9.17) is 9.97 Å². The lowest BCUT2D eigenvalue weighted by molar-refractivity contribution is -0.119. The van der Waals surface area contributed by atoms with Crippen LogP contribution in [-0.2, 0) is 17.8 Å². The van der Waals surface area contributed by atoms with Gasteiger partial charge in [0.25, 0.3) is 0 Å². The number of rotatable bonds is 8. The number of piperidine rings is 1. The average Bonchev–Trinajstić information content (AvgIpc) is 3.23. The molecule has 0 bridgehead atoms. The molecule has 190 valence electrons. The molecule has 7 heteroatoms. The second kappa shape index (κ2) is 10.5. The molecule has 1 amide bonds. The molecule has 3 heterocycles. The lowest BCUT2D eigenvalue weighted by atomic mass is 9.99. The van der Waals surface area contributed by atoms with Gasteiger partial charge in [0.2, 0.25) is 5.91 Å². The van der Waals surface area contributed by atoms with Gasteiger partial charge < -0.3 is 14.6 Å². The van der Waals surface area contributed by atoms with E-state index in [1.54, 1.807) is 12.1 Å². The minimum Gasteiger partial charge on any atom is -0.478 e. The van der Waals surface area contributed by atoms with Gasteiger partial charge in [-0.05, 0) is 55.0 Å². The number of hydrogen-bond donors (Lipinski definition) is 1. The number of carbonyl (C=O) groups excluding carboxylic acids is 1. The molecular formula is C30H32N4O3. The molecule has 1 aliphatic heterocycles. The summed E-state index contributed by atoms with van der Waals surface area (Å²) < 4.78 is 2.18. The molecule has 5 rings (SSSR count). The van der Waals surface area contributed by atoms with Gasteiger partial charge in [-0.2, -0.15) is 0 Å². The Morgan fingerprint density at radius 2 is 1.84 bits per heavy atom. The lowest BCUT2D eigenvalue weighted by Gasteiger charge is -2.27. The highest BCUT2D eigenvalue weighted by Crippen LogP contribution is 2.29. The van der Waals surface area contributed by atoms with E-state index in [0.29, 0.717) is 24.1 Å². The predicted molar refractivity (Wildman–Crippen MR) is 145 cm³/mol. The third-order valence-corrected chi connectivity index (χ3v) is 7.09. The summed E-state index contributed by atoms with van der Waals surface area (Å²) in [5.41, 5.74) is 6.30. The lowest BCUT2D eigenvalue weighted by Crippen LogP contribution is -2.35. The van der Waals surface area contributed by atoms with Gasteiger partial charge in [0.1, 0.15) is 11.3 Å². The normalized spacial score (nSPS) is 13.9. The van der Waals surface area contributed by atoms with E-state index >= 15 is 0 Å². The Morgan fingerprint density at radius 3 is 2.57 bits per heavy atom. The van der Waals surface area contributed by atoms with E-state index in [-0.39, 0.29) is 5.91 Å². The fraction of sp³-hybridized carbons (Fsp3) is 0.333. The molecule has 2 aromatic heterocycles. The Hall–Kier alpha value is -4.00. The van der Waals surface area contributed by atoms with Crippen molar-refractivity contribution in [3.63, 3.8) is 0 Å². The van der Waals surface area contributed by atoms with E-state index in [9.17, 15) is 14.7 Å². The highest BCUT2D eigenvalue weighted by molar-refractivity contribution is 5.96. The van der Waals surface area contributed by atoms with Crippen LogP contribution >= 0.6 is 0 Å².